The number of carbonyl (C=O) groups is 1. The van der Waals surface area contributed by atoms with Gasteiger partial charge in [-0.1, -0.05) is 0 Å². The van der Waals surface area contributed by atoms with Crippen molar-refractivity contribution in [3.05, 3.63) is 0 Å². The monoisotopic (exact) mass is 214 g/mol. The molecule has 1 amide bonds. The number of nitrogens with one attached hydrogen (secondary N) is 1. The molecule has 0 saturated carbocycles. The molecule has 88 valence electrons. The van der Waals surface area contributed by atoms with Crippen molar-refractivity contribution in [2.24, 2.45) is 0 Å². The summed E-state index contributed by atoms with van der Waals surface area (Å²) in [5.41, 5.74) is -0.537. The molecule has 0 aliphatic carbocycles. The van der Waals surface area contributed by atoms with Crippen LogP contribution in [0.5, 0.6) is 0 Å². The van der Waals surface area contributed by atoms with Crippen LogP contribution in [0.1, 0.15) is 34.6 Å². The molecule has 1 aliphatic rings. The topological polar surface area (TPSA) is 41.6 Å². The Balaban J connectivity index is 2.64. The minimum Gasteiger partial charge on any atom is -0.359 e. The first-order valence-electron chi connectivity index (χ1n) is 5.32. The van der Waals surface area contributed by atoms with Crippen molar-refractivity contribution in [1.29, 1.82) is 0 Å². The van der Waals surface area contributed by atoms with Crippen LogP contribution in [0.4, 0.5) is 0 Å². The van der Waals surface area contributed by atoms with E-state index in [9.17, 15) is 4.79 Å². The molecule has 1 atom stereocenters. The van der Waals surface area contributed by atoms with Crippen LogP contribution in [0.2, 0.25) is 0 Å². The molecule has 1 N–H and O–H groups in total. The molecule has 4 heteroatoms. The van der Waals surface area contributed by atoms with Crippen LogP contribution >= 0.6 is 0 Å². The van der Waals surface area contributed by atoms with E-state index < -0.39 is 0 Å². The maximum Gasteiger partial charge on any atom is 0.240 e. The molecule has 0 unspecified atom stereocenters. The number of ether oxygens (including phenoxy) is 1. The summed E-state index contributed by atoms with van der Waals surface area (Å²) >= 11 is 0. The van der Waals surface area contributed by atoms with E-state index in [0.717, 1.165) is 0 Å². The van der Waals surface area contributed by atoms with Crippen LogP contribution < -0.4 is 5.32 Å². The number of rotatable bonds is 1. The van der Waals surface area contributed by atoms with E-state index in [-0.39, 0.29) is 23.2 Å². The second-order valence-corrected chi connectivity index (χ2v) is 5.62. The predicted molar refractivity (Wildman–Crippen MR) is 59.5 cm³/mol. The molecule has 1 heterocycles. The van der Waals surface area contributed by atoms with E-state index in [2.05, 4.69) is 5.32 Å². The maximum atomic E-state index is 11.9. The first-order valence-corrected chi connectivity index (χ1v) is 5.32. The van der Waals surface area contributed by atoms with E-state index in [1.165, 1.54) is 0 Å². The molecule has 15 heavy (non-hydrogen) atoms. The van der Waals surface area contributed by atoms with Gasteiger partial charge in [0.2, 0.25) is 5.91 Å². The largest absolute Gasteiger partial charge is 0.359 e. The first kappa shape index (κ1) is 12.5. The van der Waals surface area contributed by atoms with Gasteiger partial charge in [-0.2, -0.15) is 0 Å². The molecular weight excluding hydrogens is 192 g/mol. The third kappa shape index (κ3) is 2.92. The molecule has 0 bridgehead atoms. The molecule has 0 aromatic carbocycles. The highest BCUT2D eigenvalue weighted by Gasteiger charge is 2.42. The highest BCUT2D eigenvalue weighted by atomic mass is 16.5. The van der Waals surface area contributed by atoms with Gasteiger partial charge in [-0.05, 0) is 41.7 Å². The van der Waals surface area contributed by atoms with Gasteiger partial charge in [0.15, 0.2) is 0 Å². The Labute approximate surface area is 92.0 Å². The number of hydrogen-bond acceptors (Lipinski definition) is 3. The van der Waals surface area contributed by atoms with Crippen molar-refractivity contribution in [3.63, 3.8) is 0 Å². The number of amides is 1. The quantitative estimate of drug-likeness (QED) is 0.707. The van der Waals surface area contributed by atoms with Gasteiger partial charge >= 0.3 is 0 Å². The molecule has 0 aromatic rings. The van der Waals surface area contributed by atoms with Crippen LogP contribution in [0.15, 0.2) is 0 Å². The molecule has 0 aromatic heterocycles. The Bertz CT molecular complexity index is 256. The van der Waals surface area contributed by atoms with Crippen molar-refractivity contribution in [3.8, 4) is 0 Å². The molecular formula is C11H22N2O2. The van der Waals surface area contributed by atoms with Crippen molar-refractivity contribution in [2.75, 3.05) is 13.7 Å². The Morgan fingerprint density at radius 1 is 1.47 bits per heavy atom. The SMILES string of the molecule is CN1[C@H](C(=O)NC(C)(C)C)COC1(C)C. The lowest BCUT2D eigenvalue weighted by Gasteiger charge is -2.30. The van der Waals surface area contributed by atoms with Crippen LogP contribution in [0.3, 0.4) is 0 Å². The molecule has 1 aliphatic heterocycles. The molecule has 0 spiro atoms. The Kier molecular flexibility index (Phi) is 3.12. The van der Waals surface area contributed by atoms with Gasteiger partial charge in [0, 0.05) is 5.54 Å². The fraction of sp³-hybridized carbons (Fsp3) is 0.909. The zero-order valence-corrected chi connectivity index (χ0v) is 10.5. The highest BCUT2D eigenvalue weighted by Crippen LogP contribution is 2.25. The normalized spacial score (nSPS) is 26.7. The molecule has 4 nitrogen and oxygen atoms in total. The summed E-state index contributed by atoms with van der Waals surface area (Å²) in [6, 6.07) is -0.181. The third-order valence-corrected chi connectivity index (χ3v) is 2.71. The first-order chi connectivity index (χ1) is 6.63. The van der Waals surface area contributed by atoms with Crippen LogP contribution in [0.25, 0.3) is 0 Å². The van der Waals surface area contributed by atoms with Crippen molar-refractivity contribution < 1.29 is 9.53 Å². The van der Waals surface area contributed by atoms with Gasteiger partial charge in [0.25, 0.3) is 0 Å². The van der Waals surface area contributed by atoms with Gasteiger partial charge in [-0.15, -0.1) is 0 Å². The smallest absolute Gasteiger partial charge is 0.240 e. The summed E-state index contributed by atoms with van der Waals surface area (Å²) in [6.07, 6.45) is 0. The summed E-state index contributed by atoms with van der Waals surface area (Å²) in [4.78, 5) is 13.9. The van der Waals surface area contributed by atoms with Gasteiger partial charge in [0.05, 0.1) is 6.61 Å². The summed E-state index contributed by atoms with van der Waals surface area (Å²) in [5.74, 6) is 0.0376. The van der Waals surface area contributed by atoms with Gasteiger partial charge in [-0.3, -0.25) is 9.69 Å². The second kappa shape index (κ2) is 3.76. The number of nitrogens with zero attached hydrogens (tertiary/aromatic N) is 1. The zero-order chi connectivity index (χ0) is 11.9. The summed E-state index contributed by atoms with van der Waals surface area (Å²) < 4.78 is 5.57. The minimum atomic E-state index is -0.347. The van der Waals surface area contributed by atoms with Gasteiger partial charge < -0.3 is 10.1 Å². The van der Waals surface area contributed by atoms with Crippen molar-refractivity contribution in [1.82, 2.24) is 10.2 Å². The number of hydrogen-bond donors (Lipinski definition) is 1. The maximum absolute atomic E-state index is 11.9. The van der Waals surface area contributed by atoms with Crippen molar-refractivity contribution in [2.45, 2.75) is 51.9 Å². The summed E-state index contributed by atoms with van der Waals surface area (Å²) in [5, 5.41) is 2.97. The van der Waals surface area contributed by atoms with E-state index in [4.69, 9.17) is 4.74 Å². The number of carbonyl (C=O) groups excluding carboxylic acids is 1. The van der Waals surface area contributed by atoms with Gasteiger partial charge in [-0.25, -0.2) is 0 Å². The Hall–Kier alpha value is -0.610. The van der Waals surface area contributed by atoms with E-state index in [1.54, 1.807) is 0 Å². The zero-order valence-electron chi connectivity index (χ0n) is 10.5. The summed E-state index contributed by atoms with van der Waals surface area (Å²) in [6.45, 7) is 10.3. The van der Waals surface area contributed by atoms with E-state index >= 15 is 0 Å². The molecule has 1 saturated heterocycles. The van der Waals surface area contributed by atoms with Crippen LogP contribution in [0, 0.1) is 0 Å². The fourth-order valence-electron chi connectivity index (χ4n) is 1.58. The summed E-state index contributed by atoms with van der Waals surface area (Å²) in [7, 11) is 1.92. The van der Waals surface area contributed by atoms with Crippen molar-refractivity contribution >= 4 is 5.91 Å². The fourth-order valence-corrected chi connectivity index (χ4v) is 1.58. The Morgan fingerprint density at radius 3 is 2.33 bits per heavy atom. The lowest BCUT2D eigenvalue weighted by molar-refractivity contribution is -0.127. The standard InChI is InChI=1S/C11H22N2O2/c1-10(2,3)12-9(14)8-7-15-11(4,5)13(8)6/h8H,7H2,1-6H3,(H,12,14)/t8-/m0/s1. The number of likely N-dealkylation sites (N-methyl/N-ethyl adjacent to an activating group) is 1. The Morgan fingerprint density at radius 2 is 2.00 bits per heavy atom. The molecule has 1 fully saturated rings. The average molecular weight is 214 g/mol. The molecule has 0 radical (unpaired) electrons. The lowest BCUT2D eigenvalue weighted by Crippen LogP contribution is -2.52. The molecule has 1 rings (SSSR count). The highest BCUT2D eigenvalue weighted by molar-refractivity contribution is 5.82. The third-order valence-electron chi connectivity index (χ3n) is 2.71. The van der Waals surface area contributed by atoms with Crippen LogP contribution in [-0.2, 0) is 9.53 Å². The lowest BCUT2D eigenvalue weighted by atomic mass is 10.1. The van der Waals surface area contributed by atoms with E-state index in [0.29, 0.717) is 6.61 Å². The van der Waals surface area contributed by atoms with Gasteiger partial charge in [0.1, 0.15) is 11.8 Å². The minimum absolute atomic E-state index is 0.0376. The average Bonchev–Trinajstić information content (AvgIpc) is 2.24. The predicted octanol–water partition coefficient (Wildman–Crippen LogP) is 0.968. The second-order valence-electron chi connectivity index (χ2n) is 5.62. The van der Waals surface area contributed by atoms with E-state index in [1.807, 2.05) is 46.6 Å². The van der Waals surface area contributed by atoms with Crippen LogP contribution in [-0.4, -0.2) is 41.8 Å².